The number of nitrogens with one attached hydrogen (secondary N) is 2. The van der Waals surface area contributed by atoms with E-state index in [9.17, 15) is 5.11 Å². The lowest BCUT2D eigenvalue weighted by Gasteiger charge is -2.36. The summed E-state index contributed by atoms with van der Waals surface area (Å²) in [5, 5.41) is 16.8. The van der Waals surface area contributed by atoms with Crippen LogP contribution in [0.3, 0.4) is 0 Å². The first kappa shape index (κ1) is 15.0. The number of anilines is 2. The number of hydrogen-bond donors (Lipinski definition) is 3. The third-order valence-corrected chi connectivity index (χ3v) is 3.89. The number of hydrogen-bond acceptors (Lipinski definition) is 5. The van der Waals surface area contributed by atoms with Gasteiger partial charge in [-0.25, -0.2) is 9.97 Å². The van der Waals surface area contributed by atoms with Gasteiger partial charge in [0.1, 0.15) is 17.5 Å². The lowest BCUT2D eigenvalue weighted by Crippen LogP contribution is -2.43. The zero-order chi connectivity index (χ0) is 14.8. The molecule has 0 atom stereocenters. The van der Waals surface area contributed by atoms with Crippen LogP contribution in [0.15, 0.2) is 0 Å². The molecule has 3 N–H and O–H groups in total. The van der Waals surface area contributed by atoms with Gasteiger partial charge in [-0.3, -0.25) is 0 Å². The molecule has 5 heteroatoms. The largest absolute Gasteiger partial charge is 0.388 e. The van der Waals surface area contributed by atoms with E-state index in [1.165, 1.54) is 0 Å². The van der Waals surface area contributed by atoms with Crippen LogP contribution in [0.5, 0.6) is 0 Å². The van der Waals surface area contributed by atoms with Gasteiger partial charge >= 0.3 is 0 Å². The van der Waals surface area contributed by atoms with Crippen LogP contribution in [0.1, 0.15) is 57.3 Å². The Bertz CT molecular complexity index is 469. The standard InChI is InChI=1S/C15H26N4O/c1-5-16-13-11(4)14(19-12(18-13)10(2)3)17-9-15(20)7-6-8-15/h10,20H,5-9H2,1-4H3,(H2,16,17,18,19). The van der Waals surface area contributed by atoms with Gasteiger partial charge in [0.15, 0.2) is 0 Å². The Balaban J connectivity index is 2.20. The molecule has 0 bridgehead atoms. The SMILES string of the molecule is CCNc1nc(C(C)C)nc(NCC2(O)CCC2)c1C. The highest BCUT2D eigenvalue weighted by molar-refractivity contribution is 5.57. The maximum Gasteiger partial charge on any atom is 0.135 e. The number of rotatable bonds is 6. The van der Waals surface area contributed by atoms with Crippen molar-refractivity contribution in [3.05, 3.63) is 11.4 Å². The van der Waals surface area contributed by atoms with Crippen molar-refractivity contribution in [1.29, 1.82) is 0 Å². The van der Waals surface area contributed by atoms with Crippen LogP contribution in [0.4, 0.5) is 11.6 Å². The molecule has 1 heterocycles. The Morgan fingerprint density at radius 2 is 1.80 bits per heavy atom. The highest BCUT2D eigenvalue weighted by Crippen LogP contribution is 2.32. The molecule has 20 heavy (non-hydrogen) atoms. The van der Waals surface area contributed by atoms with Crippen LogP contribution in [0.25, 0.3) is 0 Å². The zero-order valence-corrected chi connectivity index (χ0v) is 13.0. The molecule has 112 valence electrons. The van der Waals surface area contributed by atoms with Gasteiger partial charge in [0.05, 0.1) is 5.60 Å². The molecule has 0 radical (unpaired) electrons. The minimum atomic E-state index is -0.548. The fraction of sp³-hybridized carbons (Fsp3) is 0.733. The van der Waals surface area contributed by atoms with E-state index in [0.29, 0.717) is 6.54 Å². The van der Waals surface area contributed by atoms with Crippen molar-refractivity contribution in [3.8, 4) is 0 Å². The molecule has 0 unspecified atom stereocenters. The van der Waals surface area contributed by atoms with Gasteiger partial charge in [-0.2, -0.15) is 0 Å². The predicted molar refractivity (Wildman–Crippen MR) is 82.3 cm³/mol. The molecule has 1 aromatic heterocycles. The highest BCUT2D eigenvalue weighted by Gasteiger charge is 2.34. The molecule has 2 rings (SSSR count). The van der Waals surface area contributed by atoms with E-state index < -0.39 is 5.60 Å². The fourth-order valence-corrected chi connectivity index (χ4v) is 2.31. The summed E-state index contributed by atoms with van der Waals surface area (Å²) in [6.07, 6.45) is 2.86. The molecular formula is C15H26N4O. The quantitative estimate of drug-likeness (QED) is 0.746. The topological polar surface area (TPSA) is 70.1 Å². The second kappa shape index (κ2) is 5.95. The van der Waals surface area contributed by atoms with Crippen molar-refractivity contribution in [2.75, 3.05) is 23.7 Å². The van der Waals surface area contributed by atoms with Crippen LogP contribution < -0.4 is 10.6 Å². The van der Waals surface area contributed by atoms with Gasteiger partial charge < -0.3 is 15.7 Å². The van der Waals surface area contributed by atoms with E-state index in [0.717, 1.165) is 48.8 Å². The van der Waals surface area contributed by atoms with Crippen molar-refractivity contribution in [1.82, 2.24) is 9.97 Å². The predicted octanol–water partition coefficient (Wildman–Crippen LogP) is 2.67. The van der Waals surface area contributed by atoms with Crippen molar-refractivity contribution < 1.29 is 5.11 Å². The summed E-state index contributed by atoms with van der Waals surface area (Å²) in [6, 6.07) is 0. The van der Waals surface area contributed by atoms with Crippen molar-refractivity contribution in [2.24, 2.45) is 0 Å². The Hall–Kier alpha value is -1.36. The Morgan fingerprint density at radius 3 is 2.25 bits per heavy atom. The molecule has 1 fully saturated rings. The first-order valence-electron chi connectivity index (χ1n) is 7.54. The molecular weight excluding hydrogens is 252 g/mol. The van der Waals surface area contributed by atoms with E-state index in [4.69, 9.17) is 0 Å². The van der Waals surface area contributed by atoms with Crippen LogP contribution in [0, 0.1) is 6.92 Å². The molecule has 0 aromatic carbocycles. The third kappa shape index (κ3) is 3.20. The van der Waals surface area contributed by atoms with Gasteiger partial charge in [0, 0.05) is 24.6 Å². The Morgan fingerprint density at radius 1 is 1.20 bits per heavy atom. The smallest absolute Gasteiger partial charge is 0.135 e. The first-order valence-corrected chi connectivity index (χ1v) is 7.54. The molecule has 0 saturated heterocycles. The molecule has 1 aromatic rings. The average Bonchev–Trinajstić information content (AvgIpc) is 2.37. The normalized spacial score (nSPS) is 16.9. The van der Waals surface area contributed by atoms with Crippen LogP contribution >= 0.6 is 0 Å². The van der Waals surface area contributed by atoms with Crippen LogP contribution in [-0.4, -0.2) is 33.8 Å². The van der Waals surface area contributed by atoms with Gasteiger partial charge in [-0.1, -0.05) is 13.8 Å². The van der Waals surface area contributed by atoms with E-state index in [1.807, 2.05) is 6.92 Å². The van der Waals surface area contributed by atoms with E-state index in [1.54, 1.807) is 0 Å². The molecule has 1 aliphatic carbocycles. The maximum atomic E-state index is 10.2. The number of nitrogens with zero attached hydrogens (tertiary/aromatic N) is 2. The lowest BCUT2D eigenvalue weighted by molar-refractivity contribution is -0.0202. The molecule has 5 nitrogen and oxygen atoms in total. The fourth-order valence-electron chi connectivity index (χ4n) is 2.31. The molecule has 1 saturated carbocycles. The van der Waals surface area contributed by atoms with Crippen LogP contribution in [0.2, 0.25) is 0 Å². The maximum absolute atomic E-state index is 10.2. The Labute approximate surface area is 121 Å². The van der Waals surface area contributed by atoms with Gasteiger partial charge in [-0.15, -0.1) is 0 Å². The summed E-state index contributed by atoms with van der Waals surface area (Å²) >= 11 is 0. The summed E-state index contributed by atoms with van der Waals surface area (Å²) in [4.78, 5) is 9.18. The van der Waals surface area contributed by atoms with E-state index >= 15 is 0 Å². The third-order valence-electron chi connectivity index (χ3n) is 3.89. The summed E-state index contributed by atoms with van der Waals surface area (Å²) in [6.45, 7) is 9.63. The average molecular weight is 278 g/mol. The minimum Gasteiger partial charge on any atom is -0.388 e. The number of aromatic nitrogens is 2. The van der Waals surface area contributed by atoms with Crippen molar-refractivity contribution in [3.63, 3.8) is 0 Å². The second-order valence-corrected chi connectivity index (χ2v) is 6.02. The molecule has 1 aliphatic rings. The Kier molecular flexibility index (Phi) is 4.48. The van der Waals surface area contributed by atoms with Crippen LogP contribution in [-0.2, 0) is 0 Å². The number of aliphatic hydroxyl groups is 1. The second-order valence-electron chi connectivity index (χ2n) is 6.02. The monoisotopic (exact) mass is 278 g/mol. The zero-order valence-electron chi connectivity index (χ0n) is 13.0. The molecule has 0 amide bonds. The van der Waals surface area contributed by atoms with Gasteiger partial charge in [0.25, 0.3) is 0 Å². The summed E-state index contributed by atoms with van der Waals surface area (Å²) in [7, 11) is 0. The van der Waals surface area contributed by atoms with E-state index in [2.05, 4.69) is 41.4 Å². The van der Waals surface area contributed by atoms with Gasteiger partial charge in [0.2, 0.25) is 0 Å². The summed E-state index contributed by atoms with van der Waals surface area (Å²) in [5.74, 6) is 2.82. The minimum absolute atomic E-state index is 0.278. The molecule has 0 aliphatic heterocycles. The highest BCUT2D eigenvalue weighted by atomic mass is 16.3. The van der Waals surface area contributed by atoms with Crippen molar-refractivity contribution in [2.45, 2.75) is 58.5 Å². The molecule has 0 spiro atoms. The van der Waals surface area contributed by atoms with Gasteiger partial charge in [-0.05, 0) is 33.1 Å². The van der Waals surface area contributed by atoms with E-state index in [-0.39, 0.29) is 5.92 Å². The first-order chi connectivity index (χ1) is 9.45. The lowest BCUT2D eigenvalue weighted by atomic mass is 9.80. The summed E-state index contributed by atoms with van der Waals surface area (Å²) < 4.78 is 0. The summed E-state index contributed by atoms with van der Waals surface area (Å²) in [5.41, 5.74) is 0.465. The van der Waals surface area contributed by atoms with Crippen molar-refractivity contribution >= 4 is 11.6 Å².